The average Bonchev–Trinajstić information content (AvgIpc) is 2.81. The smallest absolute Gasteiger partial charge is 0.154 e. The van der Waals surface area contributed by atoms with Gasteiger partial charge in [-0.1, -0.05) is 27.7 Å². The Labute approximate surface area is 120 Å². The molecular weight excluding hydrogens is 250 g/mol. The first-order valence-corrected chi connectivity index (χ1v) is 7.32. The molecule has 0 aliphatic carbocycles. The van der Waals surface area contributed by atoms with E-state index in [1.807, 2.05) is 16.9 Å². The van der Waals surface area contributed by atoms with Crippen molar-refractivity contribution in [3.05, 3.63) is 24.2 Å². The highest BCUT2D eigenvalue weighted by molar-refractivity contribution is 5.69. The highest BCUT2D eigenvalue weighted by atomic mass is 15.3. The lowest BCUT2D eigenvalue weighted by Crippen LogP contribution is -2.33. The molecule has 0 atom stereocenters. The minimum absolute atomic E-state index is 0.413. The lowest BCUT2D eigenvalue weighted by molar-refractivity contribution is 0.607. The fraction of sp³-hybridized carbons (Fsp3) is 0.600. The summed E-state index contributed by atoms with van der Waals surface area (Å²) in [5, 5.41) is 4.61. The van der Waals surface area contributed by atoms with Gasteiger partial charge in [-0.15, -0.1) is 0 Å². The van der Waals surface area contributed by atoms with Crippen LogP contribution in [0.3, 0.4) is 0 Å². The zero-order valence-corrected chi connectivity index (χ0v) is 12.9. The molecule has 2 N–H and O–H groups in total. The summed E-state index contributed by atoms with van der Waals surface area (Å²) in [4.78, 5) is 6.82. The third-order valence-corrected chi connectivity index (χ3v) is 3.26. The van der Waals surface area contributed by atoms with Crippen molar-refractivity contribution in [3.8, 4) is 0 Å². The molecule has 20 heavy (non-hydrogen) atoms. The fourth-order valence-corrected chi connectivity index (χ4v) is 2.33. The van der Waals surface area contributed by atoms with Gasteiger partial charge in [-0.25, -0.2) is 9.50 Å². The average molecular weight is 275 g/mol. The van der Waals surface area contributed by atoms with Crippen LogP contribution in [0.15, 0.2) is 18.5 Å². The molecule has 0 saturated heterocycles. The van der Waals surface area contributed by atoms with Crippen LogP contribution in [0, 0.1) is 5.92 Å². The minimum Gasteiger partial charge on any atom is -0.353 e. The third-order valence-electron chi connectivity index (χ3n) is 3.26. The minimum atomic E-state index is 0.413. The van der Waals surface area contributed by atoms with Crippen molar-refractivity contribution in [1.82, 2.24) is 14.6 Å². The summed E-state index contributed by atoms with van der Waals surface area (Å²) in [7, 11) is 0. The molecule has 0 fully saturated rings. The molecule has 2 aromatic heterocycles. The van der Waals surface area contributed by atoms with Gasteiger partial charge in [0.1, 0.15) is 5.52 Å². The zero-order valence-electron chi connectivity index (χ0n) is 12.9. The Balaban J connectivity index is 2.45. The maximum Gasteiger partial charge on any atom is 0.154 e. The van der Waals surface area contributed by atoms with Gasteiger partial charge in [-0.05, 0) is 17.9 Å². The van der Waals surface area contributed by atoms with E-state index in [9.17, 15) is 0 Å². The summed E-state index contributed by atoms with van der Waals surface area (Å²) < 4.78 is 1.92. The Morgan fingerprint density at radius 2 is 2.05 bits per heavy atom. The molecule has 0 amide bonds. The van der Waals surface area contributed by atoms with Crippen molar-refractivity contribution in [2.75, 3.05) is 24.5 Å². The second kappa shape index (κ2) is 6.22. The number of nitrogens with two attached hydrogens (primary N) is 1. The number of fused-ring (bicyclic) bond motifs is 1. The van der Waals surface area contributed by atoms with Crippen LogP contribution in [-0.2, 0) is 0 Å². The van der Waals surface area contributed by atoms with Crippen LogP contribution >= 0.6 is 0 Å². The first kappa shape index (κ1) is 14.8. The summed E-state index contributed by atoms with van der Waals surface area (Å²) in [6.45, 7) is 11.1. The van der Waals surface area contributed by atoms with E-state index in [0.717, 1.165) is 30.1 Å². The monoisotopic (exact) mass is 275 g/mol. The summed E-state index contributed by atoms with van der Waals surface area (Å²) in [6.07, 6.45) is 3.71. The molecule has 0 bridgehead atoms. The Hall–Kier alpha value is -1.62. The first-order chi connectivity index (χ1) is 9.52. The van der Waals surface area contributed by atoms with Crippen molar-refractivity contribution < 1.29 is 0 Å². The molecule has 2 heterocycles. The predicted octanol–water partition coefficient (Wildman–Crippen LogP) is 2.27. The van der Waals surface area contributed by atoms with Gasteiger partial charge in [0.05, 0.1) is 5.69 Å². The topological polar surface area (TPSA) is 59.5 Å². The highest BCUT2D eigenvalue weighted by Gasteiger charge is 2.15. The highest BCUT2D eigenvalue weighted by Crippen LogP contribution is 2.23. The van der Waals surface area contributed by atoms with Crippen LogP contribution in [0.2, 0.25) is 0 Å². The molecule has 2 aromatic rings. The molecule has 2 rings (SSSR count). The van der Waals surface area contributed by atoms with Crippen LogP contribution < -0.4 is 10.6 Å². The zero-order chi connectivity index (χ0) is 14.7. The molecule has 0 aromatic carbocycles. The predicted molar refractivity (Wildman–Crippen MR) is 83.2 cm³/mol. The summed E-state index contributed by atoms with van der Waals surface area (Å²) in [5.41, 5.74) is 7.90. The van der Waals surface area contributed by atoms with E-state index in [4.69, 9.17) is 5.73 Å². The van der Waals surface area contributed by atoms with Gasteiger partial charge in [0.25, 0.3) is 0 Å². The molecule has 110 valence electrons. The summed E-state index contributed by atoms with van der Waals surface area (Å²) >= 11 is 0. The van der Waals surface area contributed by atoms with Crippen molar-refractivity contribution in [3.63, 3.8) is 0 Å². The fourth-order valence-electron chi connectivity index (χ4n) is 2.33. The van der Waals surface area contributed by atoms with Crippen LogP contribution in [0.25, 0.3) is 5.52 Å². The number of nitrogens with zero attached hydrogens (tertiary/aromatic N) is 4. The number of hydrogen-bond donors (Lipinski definition) is 1. The van der Waals surface area contributed by atoms with E-state index in [1.54, 1.807) is 0 Å². The van der Waals surface area contributed by atoms with Crippen molar-refractivity contribution >= 4 is 11.3 Å². The third kappa shape index (κ3) is 3.10. The Bertz CT molecular complexity index is 558. The van der Waals surface area contributed by atoms with Gasteiger partial charge in [0.2, 0.25) is 0 Å². The quantitative estimate of drug-likeness (QED) is 0.878. The SMILES string of the molecule is CC(C)CN(CCN)c1nccn2nc(C(C)C)cc12. The number of rotatable bonds is 6. The maximum absolute atomic E-state index is 5.75. The molecular formula is C15H25N5. The molecule has 0 saturated carbocycles. The van der Waals surface area contributed by atoms with Gasteiger partial charge < -0.3 is 10.6 Å². The molecule has 0 unspecified atom stereocenters. The molecule has 5 nitrogen and oxygen atoms in total. The van der Waals surface area contributed by atoms with Crippen molar-refractivity contribution in [2.45, 2.75) is 33.6 Å². The molecule has 0 radical (unpaired) electrons. The maximum atomic E-state index is 5.75. The Morgan fingerprint density at radius 3 is 2.65 bits per heavy atom. The molecule has 0 aliphatic heterocycles. The van der Waals surface area contributed by atoms with Gasteiger partial charge >= 0.3 is 0 Å². The number of anilines is 1. The van der Waals surface area contributed by atoms with Crippen LogP contribution in [0.4, 0.5) is 5.82 Å². The van der Waals surface area contributed by atoms with E-state index in [1.165, 1.54) is 0 Å². The standard InChI is InChI=1S/C15H25N5/c1-11(2)10-19(7-5-16)15-14-9-13(12(3)4)18-20(14)8-6-17-15/h6,8-9,11-12H,5,7,10,16H2,1-4H3. The van der Waals surface area contributed by atoms with Gasteiger partial charge in [0, 0.05) is 32.0 Å². The van der Waals surface area contributed by atoms with Crippen LogP contribution in [0.5, 0.6) is 0 Å². The normalized spacial score (nSPS) is 11.8. The Morgan fingerprint density at radius 1 is 1.30 bits per heavy atom. The lowest BCUT2D eigenvalue weighted by atomic mass is 10.1. The number of hydrogen-bond acceptors (Lipinski definition) is 4. The van der Waals surface area contributed by atoms with E-state index in [0.29, 0.717) is 18.4 Å². The second-order valence-corrected chi connectivity index (χ2v) is 5.93. The number of aromatic nitrogens is 3. The van der Waals surface area contributed by atoms with E-state index in [-0.39, 0.29) is 0 Å². The van der Waals surface area contributed by atoms with E-state index in [2.05, 4.69) is 48.7 Å². The van der Waals surface area contributed by atoms with Crippen LogP contribution in [0.1, 0.15) is 39.3 Å². The second-order valence-electron chi connectivity index (χ2n) is 5.93. The largest absolute Gasteiger partial charge is 0.353 e. The van der Waals surface area contributed by atoms with E-state index >= 15 is 0 Å². The van der Waals surface area contributed by atoms with Crippen molar-refractivity contribution in [1.29, 1.82) is 0 Å². The summed E-state index contributed by atoms with van der Waals surface area (Å²) in [5.74, 6) is 1.96. The van der Waals surface area contributed by atoms with Crippen LogP contribution in [-0.4, -0.2) is 34.2 Å². The van der Waals surface area contributed by atoms with Crippen molar-refractivity contribution in [2.24, 2.45) is 11.7 Å². The van der Waals surface area contributed by atoms with E-state index < -0.39 is 0 Å². The summed E-state index contributed by atoms with van der Waals surface area (Å²) in [6, 6.07) is 2.14. The van der Waals surface area contributed by atoms with Gasteiger partial charge in [-0.2, -0.15) is 5.10 Å². The molecule has 5 heteroatoms. The Kier molecular flexibility index (Phi) is 4.60. The first-order valence-electron chi connectivity index (χ1n) is 7.32. The van der Waals surface area contributed by atoms with Gasteiger partial charge in [0.15, 0.2) is 5.82 Å². The molecule has 0 spiro atoms. The van der Waals surface area contributed by atoms with Gasteiger partial charge in [-0.3, -0.25) is 0 Å². The lowest BCUT2D eigenvalue weighted by Gasteiger charge is -2.25. The molecule has 0 aliphatic rings.